The van der Waals surface area contributed by atoms with Crippen LogP contribution in [0.2, 0.25) is 0 Å². The van der Waals surface area contributed by atoms with Crippen molar-refractivity contribution >= 4 is 18.3 Å². The van der Waals surface area contributed by atoms with Crippen molar-refractivity contribution in [2.45, 2.75) is 45.1 Å². The summed E-state index contributed by atoms with van der Waals surface area (Å²) < 4.78 is 0. The number of piperidine rings is 1. The van der Waals surface area contributed by atoms with Gasteiger partial charge in [-0.15, -0.1) is 12.4 Å². The molecular weight excluding hydrogens is 224 g/mol. The molecule has 0 spiro atoms. The molecule has 0 unspecified atom stereocenters. The molecule has 0 bridgehead atoms. The lowest BCUT2D eigenvalue weighted by Crippen LogP contribution is -2.38. The van der Waals surface area contributed by atoms with Crippen LogP contribution in [0.5, 0.6) is 0 Å². The average Bonchev–Trinajstić information content (AvgIpc) is 2.30. The highest BCUT2D eigenvalue weighted by Gasteiger charge is 2.21. The lowest BCUT2D eigenvalue weighted by atomic mass is 9.93. The summed E-state index contributed by atoms with van der Waals surface area (Å²) in [6, 6.07) is 0.529. The average molecular weight is 245 g/mol. The molecule has 1 fully saturated rings. The molecule has 0 radical (unpaired) electrons. The molecule has 2 rings (SSSR count). The van der Waals surface area contributed by atoms with Gasteiger partial charge in [0.25, 0.3) is 0 Å². The molecule has 0 saturated carbocycles. The van der Waals surface area contributed by atoms with E-state index in [2.05, 4.69) is 11.5 Å². The van der Waals surface area contributed by atoms with Crippen LogP contribution in [0.1, 0.15) is 39.0 Å². The number of hydrogen-bond donors (Lipinski definition) is 1. The number of halogens is 1. The summed E-state index contributed by atoms with van der Waals surface area (Å²) >= 11 is 0. The molecule has 0 aromatic heterocycles. The highest BCUT2D eigenvalue weighted by molar-refractivity contribution is 5.85. The van der Waals surface area contributed by atoms with E-state index in [1.807, 2.05) is 4.90 Å². The van der Waals surface area contributed by atoms with E-state index in [0.29, 0.717) is 6.04 Å². The normalized spacial score (nSPS) is 25.7. The standard InChI is InChI=1S/C12H20N2O.ClH/c1-10(15)14-8-4-5-11(9-14)12-6-2-3-7-13-12;/h9,12-13H,2-8H2,1H3;1H/t12-;/m1./s1. The van der Waals surface area contributed by atoms with Gasteiger partial charge in [-0.25, -0.2) is 0 Å². The first-order chi connectivity index (χ1) is 7.27. The predicted octanol–water partition coefficient (Wildman–Crippen LogP) is 2.08. The van der Waals surface area contributed by atoms with Gasteiger partial charge in [-0.05, 0) is 37.8 Å². The minimum Gasteiger partial charge on any atom is -0.319 e. The van der Waals surface area contributed by atoms with Crippen molar-refractivity contribution in [1.82, 2.24) is 10.2 Å². The first-order valence-corrected chi connectivity index (χ1v) is 5.98. The number of nitrogens with zero attached hydrogens (tertiary/aromatic N) is 1. The van der Waals surface area contributed by atoms with Crippen LogP contribution < -0.4 is 5.32 Å². The molecule has 1 atom stereocenters. The van der Waals surface area contributed by atoms with E-state index in [0.717, 1.165) is 25.9 Å². The van der Waals surface area contributed by atoms with Gasteiger partial charge in [0.15, 0.2) is 0 Å². The molecule has 2 aliphatic rings. The third kappa shape index (κ3) is 3.22. The minimum absolute atomic E-state index is 0. The molecule has 0 aromatic rings. The lowest BCUT2D eigenvalue weighted by Gasteiger charge is -2.31. The molecule has 1 saturated heterocycles. The van der Waals surface area contributed by atoms with E-state index < -0.39 is 0 Å². The highest BCUT2D eigenvalue weighted by Crippen LogP contribution is 2.23. The zero-order valence-corrected chi connectivity index (χ0v) is 10.7. The molecule has 0 aromatic carbocycles. The van der Waals surface area contributed by atoms with E-state index in [-0.39, 0.29) is 18.3 Å². The fourth-order valence-corrected chi connectivity index (χ4v) is 2.46. The van der Waals surface area contributed by atoms with Crippen molar-refractivity contribution in [3.05, 3.63) is 11.8 Å². The van der Waals surface area contributed by atoms with Crippen LogP contribution >= 0.6 is 12.4 Å². The zero-order chi connectivity index (χ0) is 10.7. The van der Waals surface area contributed by atoms with Gasteiger partial charge in [0.1, 0.15) is 0 Å². The molecule has 1 amide bonds. The summed E-state index contributed by atoms with van der Waals surface area (Å²) in [6.07, 6.45) is 8.19. The van der Waals surface area contributed by atoms with Gasteiger partial charge in [0, 0.05) is 25.7 Å². The lowest BCUT2D eigenvalue weighted by molar-refractivity contribution is -0.126. The van der Waals surface area contributed by atoms with Crippen molar-refractivity contribution in [3.63, 3.8) is 0 Å². The largest absolute Gasteiger partial charge is 0.319 e. The van der Waals surface area contributed by atoms with Crippen LogP contribution in [0.25, 0.3) is 0 Å². The van der Waals surface area contributed by atoms with Crippen LogP contribution in [0.15, 0.2) is 11.8 Å². The molecular formula is C12H21ClN2O. The Hall–Kier alpha value is -0.540. The maximum atomic E-state index is 11.3. The highest BCUT2D eigenvalue weighted by atomic mass is 35.5. The smallest absolute Gasteiger partial charge is 0.223 e. The molecule has 92 valence electrons. The summed E-state index contributed by atoms with van der Waals surface area (Å²) in [5.41, 5.74) is 1.43. The third-order valence-electron chi connectivity index (χ3n) is 3.35. The van der Waals surface area contributed by atoms with Crippen LogP contribution in [0.3, 0.4) is 0 Å². The van der Waals surface area contributed by atoms with Gasteiger partial charge in [-0.3, -0.25) is 4.79 Å². The summed E-state index contributed by atoms with van der Waals surface area (Å²) in [4.78, 5) is 13.1. The summed E-state index contributed by atoms with van der Waals surface area (Å²) in [5, 5.41) is 3.54. The monoisotopic (exact) mass is 244 g/mol. The molecule has 0 aliphatic carbocycles. The Bertz CT molecular complexity index is 272. The van der Waals surface area contributed by atoms with Crippen LogP contribution in [0, 0.1) is 0 Å². The zero-order valence-electron chi connectivity index (χ0n) is 9.87. The van der Waals surface area contributed by atoms with Crippen molar-refractivity contribution in [3.8, 4) is 0 Å². The van der Waals surface area contributed by atoms with E-state index in [1.165, 1.54) is 24.8 Å². The predicted molar refractivity (Wildman–Crippen MR) is 67.6 cm³/mol. The molecule has 2 heterocycles. The third-order valence-corrected chi connectivity index (χ3v) is 3.35. The van der Waals surface area contributed by atoms with Crippen molar-refractivity contribution in [2.75, 3.05) is 13.1 Å². The molecule has 1 N–H and O–H groups in total. The Morgan fingerprint density at radius 1 is 1.44 bits per heavy atom. The number of hydrogen-bond acceptors (Lipinski definition) is 2. The van der Waals surface area contributed by atoms with Crippen LogP contribution in [-0.4, -0.2) is 29.9 Å². The van der Waals surface area contributed by atoms with E-state index in [9.17, 15) is 4.79 Å². The van der Waals surface area contributed by atoms with Crippen molar-refractivity contribution in [1.29, 1.82) is 0 Å². The Kier molecular flexibility index (Phi) is 5.29. The Morgan fingerprint density at radius 2 is 2.25 bits per heavy atom. The second-order valence-corrected chi connectivity index (χ2v) is 4.52. The van der Waals surface area contributed by atoms with Crippen LogP contribution in [-0.2, 0) is 4.79 Å². The molecule has 16 heavy (non-hydrogen) atoms. The van der Waals surface area contributed by atoms with Gasteiger partial charge < -0.3 is 10.2 Å². The van der Waals surface area contributed by atoms with E-state index >= 15 is 0 Å². The second kappa shape index (κ2) is 6.26. The number of carbonyl (C=O) groups is 1. The van der Waals surface area contributed by atoms with Gasteiger partial charge in [0.2, 0.25) is 5.91 Å². The summed E-state index contributed by atoms with van der Waals surface area (Å²) in [5.74, 6) is 0.169. The molecule has 3 nitrogen and oxygen atoms in total. The van der Waals surface area contributed by atoms with Gasteiger partial charge >= 0.3 is 0 Å². The first-order valence-electron chi connectivity index (χ1n) is 5.98. The van der Waals surface area contributed by atoms with E-state index in [1.54, 1.807) is 6.92 Å². The van der Waals surface area contributed by atoms with Gasteiger partial charge in [0.05, 0.1) is 0 Å². The van der Waals surface area contributed by atoms with Crippen LogP contribution in [0.4, 0.5) is 0 Å². The van der Waals surface area contributed by atoms with Gasteiger partial charge in [-0.1, -0.05) is 6.42 Å². The quantitative estimate of drug-likeness (QED) is 0.766. The fraction of sp³-hybridized carbons (Fsp3) is 0.750. The van der Waals surface area contributed by atoms with Crippen molar-refractivity contribution in [2.24, 2.45) is 0 Å². The molecule has 2 aliphatic heterocycles. The van der Waals surface area contributed by atoms with Gasteiger partial charge in [-0.2, -0.15) is 0 Å². The topological polar surface area (TPSA) is 32.3 Å². The first kappa shape index (κ1) is 13.5. The summed E-state index contributed by atoms with van der Waals surface area (Å²) in [7, 11) is 0. The number of carbonyl (C=O) groups excluding carboxylic acids is 1. The minimum atomic E-state index is 0. The SMILES string of the molecule is CC(=O)N1C=C([C@H]2CCCCN2)CCC1.Cl. The molecule has 4 heteroatoms. The number of rotatable bonds is 1. The maximum absolute atomic E-state index is 11.3. The van der Waals surface area contributed by atoms with Crippen molar-refractivity contribution < 1.29 is 4.79 Å². The Balaban J connectivity index is 0.00000128. The summed E-state index contributed by atoms with van der Waals surface area (Å²) in [6.45, 7) is 3.67. The maximum Gasteiger partial charge on any atom is 0.223 e. The Morgan fingerprint density at radius 3 is 2.88 bits per heavy atom. The fourth-order valence-electron chi connectivity index (χ4n) is 2.46. The number of amides is 1. The second-order valence-electron chi connectivity index (χ2n) is 4.52. The Labute approximate surface area is 104 Å². The van der Waals surface area contributed by atoms with E-state index in [4.69, 9.17) is 0 Å². The number of nitrogens with one attached hydrogen (secondary N) is 1.